The summed E-state index contributed by atoms with van der Waals surface area (Å²) in [4.78, 5) is 12.1. The molecule has 0 saturated heterocycles. The Bertz CT molecular complexity index is 547. The van der Waals surface area contributed by atoms with Crippen LogP contribution in [0, 0.1) is 23.4 Å². The third-order valence-corrected chi connectivity index (χ3v) is 3.56. The number of hydrogen-bond acceptors (Lipinski definition) is 2. The minimum atomic E-state index is -1.36. The molecule has 1 aromatic rings. The fourth-order valence-corrected chi connectivity index (χ4v) is 2.22. The Morgan fingerprint density at radius 3 is 2.35 bits per heavy atom. The van der Waals surface area contributed by atoms with Crippen LogP contribution in [0.1, 0.15) is 57.3 Å². The lowest BCUT2D eigenvalue weighted by Crippen LogP contribution is -2.35. The van der Waals surface area contributed by atoms with Crippen molar-refractivity contribution in [1.82, 2.24) is 5.32 Å². The first-order valence-electron chi connectivity index (χ1n) is 8.03. The highest BCUT2D eigenvalue weighted by Gasteiger charge is 2.24. The Kier molecular flexibility index (Phi) is 7.39. The van der Waals surface area contributed by atoms with Crippen molar-refractivity contribution in [2.24, 2.45) is 5.92 Å². The first-order chi connectivity index (χ1) is 10.8. The van der Waals surface area contributed by atoms with Gasteiger partial charge in [0.2, 0.25) is 0 Å². The largest absolute Gasteiger partial charge is 0.380 e. The Morgan fingerprint density at radius 1 is 1.17 bits per heavy atom. The maximum absolute atomic E-state index is 14.1. The summed E-state index contributed by atoms with van der Waals surface area (Å²) in [5.74, 6) is -4.32. The lowest BCUT2D eigenvalue weighted by atomic mass is 10.1. The molecule has 1 unspecified atom stereocenters. The molecule has 0 aliphatic heterocycles. The number of hydrogen-bond donors (Lipinski definition) is 2. The summed E-state index contributed by atoms with van der Waals surface area (Å²) in [7, 11) is 0. The van der Waals surface area contributed by atoms with Gasteiger partial charge in [0.05, 0.1) is 5.56 Å². The lowest BCUT2D eigenvalue weighted by molar-refractivity contribution is 0.0928. The van der Waals surface area contributed by atoms with Gasteiger partial charge in [-0.3, -0.25) is 4.79 Å². The second-order valence-corrected chi connectivity index (χ2v) is 6.05. The van der Waals surface area contributed by atoms with E-state index >= 15 is 0 Å². The van der Waals surface area contributed by atoms with Gasteiger partial charge in [0.1, 0.15) is 11.5 Å². The Labute approximate surface area is 135 Å². The molecule has 1 aromatic carbocycles. The average molecular weight is 330 g/mol. The van der Waals surface area contributed by atoms with Crippen LogP contribution < -0.4 is 10.6 Å². The molecule has 0 spiro atoms. The number of nitrogens with one attached hydrogen (secondary N) is 2. The SMILES string of the molecule is CCCC(CC)NC(=O)c1cc(F)c(NCC(C)C)c(F)c1F. The van der Waals surface area contributed by atoms with E-state index in [1.54, 1.807) is 0 Å². The van der Waals surface area contributed by atoms with Gasteiger partial charge in [0, 0.05) is 12.6 Å². The van der Waals surface area contributed by atoms with Crippen molar-refractivity contribution in [2.75, 3.05) is 11.9 Å². The van der Waals surface area contributed by atoms with E-state index in [9.17, 15) is 18.0 Å². The van der Waals surface area contributed by atoms with E-state index in [4.69, 9.17) is 0 Å². The zero-order valence-electron chi connectivity index (χ0n) is 14.1. The van der Waals surface area contributed by atoms with Gasteiger partial charge in [-0.1, -0.05) is 34.1 Å². The van der Waals surface area contributed by atoms with E-state index in [0.29, 0.717) is 13.0 Å². The van der Waals surface area contributed by atoms with Crippen molar-refractivity contribution < 1.29 is 18.0 Å². The van der Waals surface area contributed by atoms with Crippen molar-refractivity contribution in [2.45, 2.75) is 53.0 Å². The molecule has 130 valence electrons. The average Bonchev–Trinajstić information content (AvgIpc) is 2.49. The first kappa shape index (κ1) is 19.3. The van der Waals surface area contributed by atoms with Crippen LogP contribution in [0.2, 0.25) is 0 Å². The van der Waals surface area contributed by atoms with Crippen molar-refractivity contribution >= 4 is 11.6 Å². The van der Waals surface area contributed by atoms with E-state index in [2.05, 4.69) is 10.6 Å². The molecule has 2 N–H and O–H groups in total. The number of anilines is 1. The summed E-state index contributed by atoms with van der Waals surface area (Å²) in [6.45, 7) is 7.87. The first-order valence-corrected chi connectivity index (χ1v) is 8.03. The molecule has 0 heterocycles. The Hall–Kier alpha value is -1.72. The summed E-state index contributed by atoms with van der Waals surface area (Å²) >= 11 is 0. The van der Waals surface area contributed by atoms with Gasteiger partial charge in [0.25, 0.3) is 5.91 Å². The van der Waals surface area contributed by atoms with Gasteiger partial charge in [-0.25, -0.2) is 13.2 Å². The van der Waals surface area contributed by atoms with Gasteiger partial charge in [-0.2, -0.15) is 0 Å². The molecule has 3 nitrogen and oxygen atoms in total. The second kappa shape index (κ2) is 8.79. The summed E-state index contributed by atoms with van der Waals surface area (Å²) in [5, 5.41) is 5.15. The van der Waals surface area contributed by atoms with Gasteiger partial charge in [-0.05, 0) is 24.8 Å². The topological polar surface area (TPSA) is 41.1 Å². The summed E-state index contributed by atoms with van der Waals surface area (Å²) in [5.41, 5.74) is -1.14. The van der Waals surface area contributed by atoms with E-state index < -0.39 is 34.6 Å². The van der Waals surface area contributed by atoms with Crippen LogP contribution in [0.15, 0.2) is 6.07 Å². The maximum atomic E-state index is 14.1. The standard InChI is InChI=1S/C17H25F3N2O/c1-5-7-11(6-2)22-17(23)12-8-13(18)16(15(20)14(12)19)21-9-10(3)4/h8,10-11,21H,5-7,9H2,1-4H3,(H,22,23). The van der Waals surface area contributed by atoms with Crippen molar-refractivity contribution in [3.05, 3.63) is 29.1 Å². The molecule has 0 radical (unpaired) electrons. The van der Waals surface area contributed by atoms with Crippen LogP contribution in [-0.2, 0) is 0 Å². The highest BCUT2D eigenvalue weighted by molar-refractivity contribution is 5.95. The van der Waals surface area contributed by atoms with Crippen LogP contribution >= 0.6 is 0 Å². The molecule has 0 saturated carbocycles. The zero-order valence-corrected chi connectivity index (χ0v) is 14.1. The molecule has 0 bridgehead atoms. The van der Waals surface area contributed by atoms with Crippen LogP contribution in [-0.4, -0.2) is 18.5 Å². The Morgan fingerprint density at radius 2 is 1.83 bits per heavy atom. The van der Waals surface area contributed by atoms with Crippen molar-refractivity contribution in [3.8, 4) is 0 Å². The van der Waals surface area contributed by atoms with Gasteiger partial charge in [-0.15, -0.1) is 0 Å². The molecule has 0 aliphatic carbocycles. The quantitative estimate of drug-likeness (QED) is 0.690. The highest BCUT2D eigenvalue weighted by atomic mass is 19.2. The highest BCUT2D eigenvalue weighted by Crippen LogP contribution is 2.25. The van der Waals surface area contributed by atoms with Crippen LogP contribution in [0.25, 0.3) is 0 Å². The van der Waals surface area contributed by atoms with Gasteiger partial charge < -0.3 is 10.6 Å². The predicted octanol–water partition coefficient (Wildman–Crippen LogP) is 4.48. The molecular formula is C17H25F3N2O. The summed E-state index contributed by atoms with van der Waals surface area (Å²) in [6.07, 6.45) is 2.24. The summed E-state index contributed by atoms with van der Waals surface area (Å²) < 4.78 is 42.2. The molecule has 0 aliphatic rings. The zero-order chi connectivity index (χ0) is 17.6. The third-order valence-electron chi connectivity index (χ3n) is 3.56. The van der Waals surface area contributed by atoms with E-state index in [-0.39, 0.29) is 12.0 Å². The number of benzene rings is 1. The molecule has 0 fully saturated rings. The van der Waals surface area contributed by atoms with Gasteiger partial charge >= 0.3 is 0 Å². The van der Waals surface area contributed by atoms with Crippen LogP contribution in [0.4, 0.5) is 18.9 Å². The lowest BCUT2D eigenvalue weighted by Gasteiger charge is -2.17. The fourth-order valence-electron chi connectivity index (χ4n) is 2.22. The normalized spacial score (nSPS) is 12.3. The van der Waals surface area contributed by atoms with E-state index in [1.807, 2.05) is 27.7 Å². The fraction of sp³-hybridized carbons (Fsp3) is 0.588. The molecule has 6 heteroatoms. The van der Waals surface area contributed by atoms with E-state index in [0.717, 1.165) is 18.9 Å². The molecule has 1 atom stereocenters. The summed E-state index contributed by atoms with van der Waals surface area (Å²) in [6, 6.07) is 0.603. The monoisotopic (exact) mass is 330 g/mol. The Balaban J connectivity index is 3.02. The maximum Gasteiger partial charge on any atom is 0.254 e. The number of amides is 1. The molecule has 23 heavy (non-hydrogen) atoms. The molecule has 0 aromatic heterocycles. The third kappa shape index (κ3) is 5.15. The van der Waals surface area contributed by atoms with E-state index in [1.165, 1.54) is 0 Å². The molecule has 1 amide bonds. The number of halogens is 3. The number of rotatable bonds is 8. The van der Waals surface area contributed by atoms with Crippen LogP contribution in [0.5, 0.6) is 0 Å². The minimum Gasteiger partial charge on any atom is -0.380 e. The smallest absolute Gasteiger partial charge is 0.254 e. The predicted molar refractivity (Wildman–Crippen MR) is 86.1 cm³/mol. The number of carbonyl (C=O) groups excluding carboxylic acids is 1. The number of carbonyl (C=O) groups is 1. The van der Waals surface area contributed by atoms with Crippen molar-refractivity contribution in [3.63, 3.8) is 0 Å². The van der Waals surface area contributed by atoms with Crippen LogP contribution in [0.3, 0.4) is 0 Å². The molecular weight excluding hydrogens is 305 g/mol. The molecule has 1 rings (SSSR count). The second-order valence-electron chi connectivity index (χ2n) is 6.05. The van der Waals surface area contributed by atoms with Gasteiger partial charge in [0.15, 0.2) is 11.6 Å². The van der Waals surface area contributed by atoms with Crippen molar-refractivity contribution in [1.29, 1.82) is 0 Å². The minimum absolute atomic E-state index is 0.138.